The minimum atomic E-state index is -4.12. The molecule has 1 rings (SSSR count). The van der Waals surface area contributed by atoms with Gasteiger partial charge < -0.3 is 5.73 Å². The molecule has 0 bridgehead atoms. The fourth-order valence-electron chi connectivity index (χ4n) is 1.81. The van der Waals surface area contributed by atoms with Crippen molar-refractivity contribution in [1.82, 2.24) is 4.90 Å². The van der Waals surface area contributed by atoms with Crippen molar-refractivity contribution in [3.05, 3.63) is 0 Å². The van der Waals surface area contributed by atoms with Gasteiger partial charge in [-0.15, -0.1) is 0 Å². The number of nitrogens with zero attached hydrogens (tertiary/aromatic N) is 1. The van der Waals surface area contributed by atoms with E-state index in [1.54, 1.807) is 6.92 Å². The summed E-state index contributed by atoms with van der Waals surface area (Å²) in [5.74, 6) is 0. The quantitative estimate of drug-likeness (QED) is 0.775. The summed E-state index contributed by atoms with van der Waals surface area (Å²) in [5, 5.41) is 0. The van der Waals surface area contributed by atoms with Gasteiger partial charge >= 0.3 is 6.18 Å². The largest absolute Gasteiger partial charge is 0.401 e. The molecular weight excluding hydrogens is 205 g/mol. The molecule has 5 heteroatoms. The second-order valence-electron chi connectivity index (χ2n) is 4.33. The van der Waals surface area contributed by atoms with Gasteiger partial charge in [0.1, 0.15) is 0 Å². The predicted octanol–water partition coefficient (Wildman–Crippen LogP) is 2.14. The van der Waals surface area contributed by atoms with Gasteiger partial charge in [-0.25, -0.2) is 0 Å². The van der Waals surface area contributed by atoms with Crippen LogP contribution in [0.3, 0.4) is 0 Å². The van der Waals surface area contributed by atoms with E-state index in [1.807, 2.05) is 6.92 Å². The van der Waals surface area contributed by atoms with Crippen molar-refractivity contribution in [2.45, 2.75) is 57.4 Å². The molecule has 2 nitrogen and oxygen atoms in total. The first-order valence-corrected chi connectivity index (χ1v) is 5.43. The highest BCUT2D eigenvalue weighted by atomic mass is 19.4. The summed E-state index contributed by atoms with van der Waals surface area (Å²) < 4.78 is 37.0. The van der Waals surface area contributed by atoms with Gasteiger partial charge in [0.2, 0.25) is 0 Å². The molecule has 2 unspecified atom stereocenters. The molecule has 0 aliphatic heterocycles. The van der Waals surface area contributed by atoms with Crippen LogP contribution in [0.25, 0.3) is 0 Å². The van der Waals surface area contributed by atoms with Crippen LogP contribution in [0.4, 0.5) is 13.2 Å². The maximum atomic E-state index is 12.3. The van der Waals surface area contributed by atoms with Gasteiger partial charge in [-0.05, 0) is 26.2 Å². The molecule has 0 aromatic carbocycles. The molecule has 1 saturated carbocycles. The van der Waals surface area contributed by atoms with Crippen LogP contribution in [0.1, 0.15) is 33.1 Å². The molecule has 0 saturated heterocycles. The minimum Gasteiger partial charge on any atom is -0.326 e. The number of alkyl halides is 3. The van der Waals surface area contributed by atoms with Crippen molar-refractivity contribution in [3.8, 4) is 0 Å². The van der Waals surface area contributed by atoms with E-state index >= 15 is 0 Å². The molecule has 1 aliphatic rings. The Hall–Kier alpha value is -0.290. The van der Waals surface area contributed by atoms with Crippen LogP contribution < -0.4 is 5.73 Å². The molecule has 90 valence electrons. The smallest absolute Gasteiger partial charge is 0.326 e. The highest BCUT2D eigenvalue weighted by molar-refractivity contribution is 4.91. The third-order valence-corrected chi connectivity index (χ3v) is 2.99. The van der Waals surface area contributed by atoms with Gasteiger partial charge in [-0.1, -0.05) is 6.92 Å². The topological polar surface area (TPSA) is 29.3 Å². The van der Waals surface area contributed by atoms with Gasteiger partial charge in [0.25, 0.3) is 0 Å². The van der Waals surface area contributed by atoms with E-state index in [9.17, 15) is 13.2 Å². The fourth-order valence-corrected chi connectivity index (χ4v) is 1.81. The van der Waals surface area contributed by atoms with Crippen molar-refractivity contribution in [3.63, 3.8) is 0 Å². The Morgan fingerprint density at radius 3 is 2.27 bits per heavy atom. The van der Waals surface area contributed by atoms with E-state index in [4.69, 9.17) is 5.73 Å². The molecule has 0 radical (unpaired) electrons. The molecule has 0 spiro atoms. The maximum absolute atomic E-state index is 12.3. The van der Waals surface area contributed by atoms with E-state index in [-0.39, 0.29) is 18.1 Å². The lowest BCUT2D eigenvalue weighted by atomic mass is 10.1. The monoisotopic (exact) mass is 224 g/mol. The second kappa shape index (κ2) is 4.70. The zero-order valence-corrected chi connectivity index (χ0v) is 9.22. The van der Waals surface area contributed by atoms with E-state index in [1.165, 1.54) is 4.90 Å². The summed E-state index contributed by atoms with van der Waals surface area (Å²) in [5.41, 5.74) is 5.79. The van der Waals surface area contributed by atoms with Crippen LogP contribution in [0.15, 0.2) is 0 Å². The minimum absolute atomic E-state index is 0.0965. The first-order valence-electron chi connectivity index (χ1n) is 5.43. The zero-order chi connectivity index (χ0) is 11.6. The van der Waals surface area contributed by atoms with Crippen LogP contribution in [0.5, 0.6) is 0 Å². The molecule has 2 N–H and O–H groups in total. The van der Waals surface area contributed by atoms with Gasteiger partial charge in [0.15, 0.2) is 0 Å². The van der Waals surface area contributed by atoms with E-state index in [0.717, 1.165) is 12.8 Å². The summed E-state index contributed by atoms with van der Waals surface area (Å²) in [6.45, 7) is 2.87. The zero-order valence-electron chi connectivity index (χ0n) is 9.22. The Morgan fingerprint density at radius 1 is 1.40 bits per heavy atom. The number of halogens is 3. The van der Waals surface area contributed by atoms with Crippen molar-refractivity contribution < 1.29 is 13.2 Å². The highest BCUT2D eigenvalue weighted by Gasteiger charge is 2.41. The van der Waals surface area contributed by atoms with E-state index in [2.05, 4.69) is 0 Å². The maximum Gasteiger partial charge on any atom is 0.401 e. The fraction of sp³-hybridized carbons (Fsp3) is 1.00. The number of nitrogens with two attached hydrogens (primary N) is 1. The Morgan fingerprint density at radius 2 is 1.93 bits per heavy atom. The predicted molar refractivity (Wildman–Crippen MR) is 53.5 cm³/mol. The van der Waals surface area contributed by atoms with Crippen LogP contribution >= 0.6 is 0 Å². The Kier molecular flexibility index (Phi) is 4.00. The molecule has 0 aromatic rings. The number of hydrogen-bond acceptors (Lipinski definition) is 2. The molecule has 0 aromatic heterocycles. The number of hydrogen-bond donors (Lipinski definition) is 1. The molecule has 0 heterocycles. The van der Waals surface area contributed by atoms with Crippen LogP contribution in [0.2, 0.25) is 0 Å². The lowest BCUT2D eigenvalue weighted by Crippen LogP contribution is -2.50. The van der Waals surface area contributed by atoms with Crippen LogP contribution in [-0.4, -0.2) is 35.7 Å². The molecule has 0 amide bonds. The van der Waals surface area contributed by atoms with Crippen molar-refractivity contribution >= 4 is 0 Å². The van der Waals surface area contributed by atoms with E-state index in [0.29, 0.717) is 6.42 Å². The van der Waals surface area contributed by atoms with Gasteiger partial charge in [-0.2, -0.15) is 13.2 Å². The third-order valence-electron chi connectivity index (χ3n) is 2.99. The van der Waals surface area contributed by atoms with Crippen molar-refractivity contribution in [2.24, 2.45) is 5.73 Å². The molecule has 2 atom stereocenters. The standard InChI is InChI=1S/C10H19F3N2/c1-3-9(14)7(2)15(8-4-5-8)6-10(11,12)13/h7-9H,3-6,14H2,1-2H3. The summed E-state index contributed by atoms with van der Waals surface area (Å²) in [4.78, 5) is 1.51. The second-order valence-corrected chi connectivity index (χ2v) is 4.33. The van der Waals surface area contributed by atoms with Crippen LogP contribution in [0, 0.1) is 0 Å². The normalized spacial score (nSPS) is 21.8. The third kappa shape index (κ3) is 3.99. The first kappa shape index (κ1) is 12.8. The summed E-state index contributed by atoms with van der Waals surface area (Å²) in [7, 11) is 0. The van der Waals surface area contributed by atoms with Gasteiger partial charge in [-0.3, -0.25) is 4.90 Å². The van der Waals surface area contributed by atoms with Gasteiger partial charge in [0, 0.05) is 18.1 Å². The Bertz CT molecular complexity index is 201. The summed E-state index contributed by atoms with van der Waals surface area (Å²) >= 11 is 0. The lowest BCUT2D eigenvalue weighted by Gasteiger charge is -2.33. The van der Waals surface area contributed by atoms with Crippen molar-refractivity contribution in [1.29, 1.82) is 0 Å². The SMILES string of the molecule is CCC(N)C(C)N(CC(F)(F)F)C1CC1. The molecule has 1 aliphatic carbocycles. The average molecular weight is 224 g/mol. The Labute approximate surface area is 88.6 Å². The molecule has 1 fully saturated rings. The first-order chi connectivity index (χ1) is 6.85. The lowest BCUT2D eigenvalue weighted by molar-refractivity contribution is -0.152. The number of rotatable bonds is 5. The van der Waals surface area contributed by atoms with Crippen molar-refractivity contribution in [2.75, 3.05) is 6.54 Å². The highest BCUT2D eigenvalue weighted by Crippen LogP contribution is 2.32. The van der Waals surface area contributed by atoms with E-state index < -0.39 is 12.7 Å². The molecule has 15 heavy (non-hydrogen) atoms. The van der Waals surface area contributed by atoms with Gasteiger partial charge in [0.05, 0.1) is 6.54 Å². The van der Waals surface area contributed by atoms with Crippen LogP contribution in [-0.2, 0) is 0 Å². The Balaban J connectivity index is 2.57. The average Bonchev–Trinajstić information content (AvgIpc) is 2.93. The molecular formula is C10H19F3N2. The summed E-state index contributed by atoms with van der Waals surface area (Å²) in [6, 6.07) is -0.267. The summed E-state index contributed by atoms with van der Waals surface area (Å²) in [6.07, 6.45) is -1.67.